The lowest BCUT2D eigenvalue weighted by Gasteiger charge is -2.19. The number of benzene rings is 1. The van der Waals surface area contributed by atoms with Gasteiger partial charge in [-0.2, -0.15) is 5.10 Å². The molecule has 0 N–H and O–H groups in total. The van der Waals surface area contributed by atoms with Gasteiger partial charge < -0.3 is 4.90 Å². The Balaban J connectivity index is 1.28. The van der Waals surface area contributed by atoms with Crippen molar-refractivity contribution in [2.24, 2.45) is 0 Å². The van der Waals surface area contributed by atoms with Crippen molar-refractivity contribution in [3.8, 4) is 0 Å². The van der Waals surface area contributed by atoms with Gasteiger partial charge in [-0.1, -0.05) is 30.3 Å². The van der Waals surface area contributed by atoms with Crippen molar-refractivity contribution < 1.29 is 0 Å². The topological polar surface area (TPSA) is 34.0 Å². The van der Waals surface area contributed by atoms with Gasteiger partial charge in [0, 0.05) is 25.4 Å². The molecule has 0 amide bonds. The zero-order valence-electron chi connectivity index (χ0n) is 13.1. The summed E-state index contributed by atoms with van der Waals surface area (Å²) in [5, 5.41) is 4.71. The predicted molar refractivity (Wildman–Crippen MR) is 86.9 cm³/mol. The van der Waals surface area contributed by atoms with Gasteiger partial charge in [0.1, 0.15) is 5.82 Å². The van der Waals surface area contributed by atoms with Crippen LogP contribution in [0.4, 0.5) is 0 Å². The second kappa shape index (κ2) is 6.21. The van der Waals surface area contributed by atoms with Crippen LogP contribution in [-0.2, 0) is 19.4 Å². The first-order valence-corrected chi connectivity index (χ1v) is 8.58. The fourth-order valence-electron chi connectivity index (χ4n) is 3.25. The average Bonchev–Trinajstić information content (AvgIpc) is 3.34. The summed E-state index contributed by atoms with van der Waals surface area (Å²) in [4.78, 5) is 7.33. The third-order valence-electron chi connectivity index (χ3n) is 4.77. The zero-order valence-corrected chi connectivity index (χ0v) is 13.1. The van der Waals surface area contributed by atoms with E-state index in [-0.39, 0.29) is 0 Å². The molecule has 1 aliphatic carbocycles. The molecule has 1 aromatic heterocycles. The van der Waals surface area contributed by atoms with Gasteiger partial charge in [0.15, 0.2) is 5.82 Å². The highest BCUT2D eigenvalue weighted by atomic mass is 15.4. The minimum atomic E-state index is 0.668. The van der Waals surface area contributed by atoms with Crippen LogP contribution < -0.4 is 0 Å². The van der Waals surface area contributed by atoms with Crippen molar-refractivity contribution in [1.29, 1.82) is 0 Å². The summed E-state index contributed by atoms with van der Waals surface area (Å²) >= 11 is 0. The summed E-state index contributed by atoms with van der Waals surface area (Å²) in [7, 11) is 0. The normalized spacial score (nSPS) is 18.9. The average molecular weight is 296 g/mol. The molecule has 0 saturated heterocycles. The van der Waals surface area contributed by atoms with E-state index in [0.29, 0.717) is 5.92 Å². The highest BCUT2D eigenvalue weighted by Crippen LogP contribution is 2.38. The molecule has 2 aliphatic rings. The van der Waals surface area contributed by atoms with Gasteiger partial charge in [0.05, 0.1) is 6.54 Å². The van der Waals surface area contributed by atoms with Crippen molar-refractivity contribution in [2.45, 2.75) is 44.6 Å². The molecule has 4 rings (SSSR count). The van der Waals surface area contributed by atoms with E-state index in [1.54, 1.807) is 0 Å². The zero-order chi connectivity index (χ0) is 14.8. The van der Waals surface area contributed by atoms with Crippen LogP contribution in [0, 0.1) is 0 Å². The molecule has 1 aromatic carbocycles. The molecule has 0 atom stereocenters. The van der Waals surface area contributed by atoms with Gasteiger partial charge >= 0.3 is 0 Å². The van der Waals surface area contributed by atoms with Gasteiger partial charge in [-0.05, 0) is 37.8 Å². The largest absolute Gasteiger partial charge is 0.301 e. The third-order valence-corrected chi connectivity index (χ3v) is 4.77. The number of aryl methyl sites for hydroxylation is 1. The lowest BCUT2D eigenvalue weighted by Crippen LogP contribution is -2.28. The molecular formula is C18H24N4. The number of nitrogens with zero attached hydrogens (tertiary/aromatic N) is 4. The Morgan fingerprint density at radius 1 is 1.05 bits per heavy atom. The molecule has 1 saturated carbocycles. The fourth-order valence-corrected chi connectivity index (χ4v) is 3.25. The molecule has 0 spiro atoms. The minimum Gasteiger partial charge on any atom is -0.301 e. The molecule has 0 unspecified atom stereocenters. The van der Waals surface area contributed by atoms with Gasteiger partial charge in [0.25, 0.3) is 0 Å². The second-order valence-corrected chi connectivity index (χ2v) is 6.56. The first-order chi connectivity index (χ1) is 10.9. The SMILES string of the molecule is c1ccc(CCCN2CCc3nc(C4CC4)nn3CC2)cc1. The Kier molecular flexibility index (Phi) is 3.94. The Morgan fingerprint density at radius 3 is 2.73 bits per heavy atom. The van der Waals surface area contributed by atoms with Crippen LogP contribution in [0.1, 0.15) is 42.4 Å². The summed E-state index contributed by atoms with van der Waals surface area (Å²) < 4.78 is 2.16. The summed E-state index contributed by atoms with van der Waals surface area (Å²) in [5.74, 6) is 2.97. The summed E-state index contributed by atoms with van der Waals surface area (Å²) in [6, 6.07) is 10.8. The van der Waals surface area contributed by atoms with Crippen LogP contribution in [0.25, 0.3) is 0 Å². The quantitative estimate of drug-likeness (QED) is 0.850. The molecule has 116 valence electrons. The van der Waals surface area contributed by atoms with Crippen LogP contribution in [0.3, 0.4) is 0 Å². The molecule has 2 heterocycles. The molecule has 1 aliphatic heterocycles. The Labute approximate surface area is 132 Å². The Bertz CT molecular complexity index is 590. The highest BCUT2D eigenvalue weighted by molar-refractivity contribution is 5.14. The third kappa shape index (κ3) is 3.22. The van der Waals surface area contributed by atoms with E-state index in [9.17, 15) is 0 Å². The van der Waals surface area contributed by atoms with Crippen LogP contribution in [0.2, 0.25) is 0 Å². The van der Waals surface area contributed by atoms with Crippen molar-refractivity contribution in [3.63, 3.8) is 0 Å². The van der Waals surface area contributed by atoms with E-state index in [1.165, 1.54) is 43.6 Å². The molecule has 1 fully saturated rings. The van der Waals surface area contributed by atoms with Crippen LogP contribution in [-0.4, -0.2) is 39.3 Å². The summed E-state index contributed by atoms with van der Waals surface area (Å²) in [5.41, 5.74) is 1.45. The lowest BCUT2D eigenvalue weighted by molar-refractivity contribution is 0.273. The molecule has 22 heavy (non-hydrogen) atoms. The van der Waals surface area contributed by atoms with E-state index in [1.807, 2.05) is 0 Å². The van der Waals surface area contributed by atoms with E-state index in [4.69, 9.17) is 10.1 Å². The first kappa shape index (κ1) is 13.9. The minimum absolute atomic E-state index is 0.668. The molecule has 0 radical (unpaired) electrons. The molecule has 0 bridgehead atoms. The molecule has 4 nitrogen and oxygen atoms in total. The monoisotopic (exact) mass is 296 g/mol. The van der Waals surface area contributed by atoms with Crippen molar-refractivity contribution in [1.82, 2.24) is 19.7 Å². The van der Waals surface area contributed by atoms with Crippen molar-refractivity contribution in [3.05, 3.63) is 47.5 Å². The van der Waals surface area contributed by atoms with E-state index >= 15 is 0 Å². The lowest BCUT2D eigenvalue weighted by atomic mass is 10.1. The summed E-state index contributed by atoms with van der Waals surface area (Å²) in [6.45, 7) is 4.41. The van der Waals surface area contributed by atoms with Crippen LogP contribution >= 0.6 is 0 Å². The fraction of sp³-hybridized carbons (Fsp3) is 0.556. The van der Waals surface area contributed by atoms with Crippen molar-refractivity contribution in [2.75, 3.05) is 19.6 Å². The Morgan fingerprint density at radius 2 is 1.91 bits per heavy atom. The smallest absolute Gasteiger partial charge is 0.154 e. The van der Waals surface area contributed by atoms with E-state index in [0.717, 1.165) is 31.9 Å². The molecule has 4 heteroatoms. The number of rotatable bonds is 5. The Hall–Kier alpha value is -1.68. The van der Waals surface area contributed by atoms with Gasteiger partial charge in [-0.25, -0.2) is 9.67 Å². The van der Waals surface area contributed by atoms with Crippen LogP contribution in [0.5, 0.6) is 0 Å². The second-order valence-electron chi connectivity index (χ2n) is 6.56. The predicted octanol–water partition coefficient (Wildman–Crippen LogP) is 2.65. The molecular weight excluding hydrogens is 272 g/mol. The highest BCUT2D eigenvalue weighted by Gasteiger charge is 2.29. The first-order valence-electron chi connectivity index (χ1n) is 8.58. The maximum atomic E-state index is 4.76. The maximum Gasteiger partial charge on any atom is 0.154 e. The van der Waals surface area contributed by atoms with Gasteiger partial charge in [0.2, 0.25) is 0 Å². The molecule has 2 aromatic rings. The summed E-state index contributed by atoms with van der Waals surface area (Å²) in [6.07, 6.45) is 6.02. The number of hydrogen-bond donors (Lipinski definition) is 0. The van der Waals surface area contributed by atoms with Gasteiger partial charge in [-0.15, -0.1) is 0 Å². The van der Waals surface area contributed by atoms with E-state index in [2.05, 4.69) is 39.9 Å². The number of hydrogen-bond acceptors (Lipinski definition) is 3. The standard InChI is InChI=1S/C18H24N4/c1-2-5-15(6-3-1)7-4-11-21-12-10-17-19-18(16-8-9-16)20-22(17)14-13-21/h1-3,5-6,16H,4,7-14H2. The van der Waals surface area contributed by atoms with Crippen LogP contribution in [0.15, 0.2) is 30.3 Å². The number of aromatic nitrogens is 3. The van der Waals surface area contributed by atoms with E-state index < -0.39 is 0 Å². The maximum absolute atomic E-state index is 4.76. The van der Waals surface area contributed by atoms with Gasteiger partial charge in [-0.3, -0.25) is 0 Å². The number of fused-ring (bicyclic) bond motifs is 1. The van der Waals surface area contributed by atoms with Crippen molar-refractivity contribution >= 4 is 0 Å².